The van der Waals surface area contributed by atoms with Crippen LogP contribution in [0.4, 0.5) is 16.5 Å². The Bertz CT molecular complexity index is 1100. The molecule has 4 aromatic rings. The van der Waals surface area contributed by atoms with Gasteiger partial charge in [0.1, 0.15) is 12.4 Å². The van der Waals surface area contributed by atoms with E-state index >= 15 is 0 Å². The number of hydrogen-bond acceptors (Lipinski definition) is 6. The number of para-hydroxylation sites is 1. The molecule has 1 N–H and O–H groups in total. The van der Waals surface area contributed by atoms with Crippen molar-refractivity contribution in [3.8, 4) is 17.0 Å². The third-order valence-electron chi connectivity index (χ3n) is 4.23. The molecule has 0 amide bonds. The SMILES string of the molecule is Br.O=[N+]([O-])c1ccc(COc2ccc(-c3csc(Nc4ccccc4)n3)cc2)cc1. The molecule has 152 valence electrons. The lowest BCUT2D eigenvalue weighted by Crippen LogP contribution is -1.96. The van der Waals surface area contributed by atoms with Crippen molar-refractivity contribution in [2.75, 3.05) is 5.32 Å². The Morgan fingerprint density at radius 1 is 0.967 bits per heavy atom. The molecular weight excluding hydrogens is 466 g/mol. The van der Waals surface area contributed by atoms with Gasteiger partial charge in [0.25, 0.3) is 5.69 Å². The van der Waals surface area contributed by atoms with Gasteiger partial charge in [-0.15, -0.1) is 28.3 Å². The van der Waals surface area contributed by atoms with Crippen molar-refractivity contribution >= 4 is 44.8 Å². The molecule has 8 heteroatoms. The molecule has 0 aliphatic heterocycles. The summed E-state index contributed by atoms with van der Waals surface area (Å²) < 4.78 is 5.77. The molecule has 0 unspecified atom stereocenters. The molecular formula is C22H18BrN3O3S. The van der Waals surface area contributed by atoms with Crippen LogP contribution in [0.3, 0.4) is 0 Å². The van der Waals surface area contributed by atoms with Crippen LogP contribution in [0.15, 0.2) is 84.2 Å². The van der Waals surface area contributed by atoms with E-state index in [0.717, 1.165) is 33.4 Å². The molecule has 0 radical (unpaired) electrons. The quantitative estimate of drug-likeness (QED) is 0.236. The van der Waals surface area contributed by atoms with Gasteiger partial charge in [-0.25, -0.2) is 4.98 Å². The van der Waals surface area contributed by atoms with Gasteiger partial charge in [0.15, 0.2) is 5.13 Å². The maximum atomic E-state index is 10.7. The molecule has 0 saturated heterocycles. The third kappa shape index (κ3) is 5.43. The number of ether oxygens (including phenoxy) is 1. The molecule has 1 aromatic heterocycles. The number of aromatic nitrogens is 1. The number of nitro groups is 1. The highest BCUT2D eigenvalue weighted by Crippen LogP contribution is 2.28. The Hall–Kier alpha value is -3.23. The van der Waals surface area contributed by atoms with E-state index in [2.05, 4.69) is 10.3 Å². The van der Waals surface area contributed by atoms with Crippen LogP contribution in [-0.2, 0) is 6.61 Å². The van der Waals surface area contributed by atoms with Crippen molar-refractivity contribution in [1.29, 1.82) is 0 Å². The zero-order valence-corrected chi connectivity index (χ0v) is 18.3. The van der Waals surface area contributed by atoms with E-state index < -0.39 is 4.92 Å². The number of nitrogens with zero attached hydrogens (tertiary/aromatic N) is 2. The van der Waals surface area contributed by atoms with Crippen LogP contribution in [-0.4, -0.2) is 9.91 Å². The molecule has 6 nitrogen and oxygen atoms in total. The summed E-state index contributed by atoms with van der Waals surface area (Å²) in [6.45, 7) is 0.346. The summed E-state index contributed by atoms with van der Waals surface area (Å²) in [5.74, 6) is 0.727. The molecule has 1 heterocycles. The van der Waals surface area contributed by atoms with Crippen LogP contribution in [0.1, 0.15) is 5.56 Å². The first-order chi connectivity index (χ1) is 14.2. The normalized spacial score (nSPS) is 10.1. The summed E-state index contributed by atoms with van der Waals surface area (Å²) in [5.41, 5.74) is 3.85. The Labute approximate surface area is 188 Å². The van der Waals surface area contributed by atoms with Gasteiger partial charge in [-0.1, -0.05) is 18.2 Å². The fraction of sp³-hybridized carbons (Fsp3) is 0.0455. The van der Waals surface area contributed by atoms with E-state index in [-0.39, 0.29) is 22.7 Å². The summed E-state index contributed by atoms with van der Waals surface area (Å²) in [7, 11) is 0. The van der Waals surface area contributed by atoms with Crippen LogP contribution in [0.2, 0.25) is 0 Å². The van der Waals surface area contributed by atoms with E-state index in [1.807, 2.05) is 60.0 Å². The molecule has 3 aromatic carbocycles. The predicted molar refractivity (Wildman–Crippen MR) is 125 cm³/mol. The maximum Gasteiger partial charge on any atom is 0.269 e. The van der Waals surface area contributed by atoms with Gasteiger partial charge >= 0.3 is 0 Å². The van der Waals surface area contributed by atoms with Crippen LogP contribution in [0.5, 0.6) is 5.75 Å². The fourth-order valence-electron chi connectivity index (χ4n) is 2.71. The first-order valence-electron chi connectivity index (χ1n) is 8.91. The third-order valence-corrected chi connectivity index (χ3v) is 4.99. The second-order valence-electron chi connectivity index (χ2n) is 6.27. The molecule has 0 bridgehead atoms. The number of nitrogens with one attached hydrogen (secondary N) is 1. The largest absolute Gasteiger partial charge is 0.489 e. The topological polar surface area (TPSA) is 77.3 Å². The van der Waals surface area contributed by atoms with Crippen LogP contribution < -0.4 is 10.1 Å². The standard InChI is InChI=1S/C22H17N3O3S.BrH/c26-25(27)19-10-6-16(7-11-19)14-28-20-12-8-17(9-13-20)21-15-29-22(24-21)23-18-4-2-1-3-5-18;/h1-13,15H,14H2,(H,23,24);1H. The minimum atomic E-state index is -0.414. The van der Waals surface area contributed by atoms with Gasteiger partial charge < -0.3 is 10.1 Å². The number of nitro benzene ring substituents is 1. The van der Waals surface area contributed by atoms with Gasteiger partial charge in [-0.2, -0.15) is 0 Å². The number of halogens is 1. The zero-order chi connectivity index (χ0) is 20.1. The monoisotopic (exact) mass is 483 g/mol. The number of thiazole rings is 1. The number of benzene rings is 3. The highest BCUT2D eigenvalue weighted by Gasteiger charge is 2.07. The Kier molecular flexibility index (Phi) is 7.16. The van der Waals surface area contributed by atoms with Crippen molar-refractivity contribution < 1.29 is 9.66 Å². The Balaban J connectivity index is 0.00000256. The van der Waals surface area contributed by atoms with Gasteiger partial charge in [0, 0.05) is 28.8 Å². The number of non-ortho nitro benzene ring substituents is 1. The lowest BCUT2D eigenvalue weighted by atomic mass is 10.2. The second kappa shape index (κ2) is 10.00. The van der Waals surface area contributed by atoms with Gasteiger partial charge in [0.05, 0.1) is 10.6 Å². The molecule has 30 heavy (non-hydrogen) atoms. The Morgan fingerprint density at radius 2 is 1.67 bits per heavy atom. The molecule has 0 atom stereocenters. The van der Waals surface area contributed by atoms with Crippen molar-refractivity contribution in [2.45, 2.75) is 6.61 Å². The predicted octanol–water partition coefficient (Wildman–Crippen LogP) is 6.62. The summed E-state index contributed by atoms with van der Waals surface area (Å²) >= 11 is 1.55. The average Bonchev–Trinajstić information content (AvgIpc) is 3.22. The minimum Gasteiger partial charge on any atom is -0.489 e. The lowest BCUT2D eigenvalue weighted by molar-refractivity contribution is -0.384. The highest BCUT2D eigenvalue weighted by molar-refractivity contribution is 8.93. The summed E-state index contributed by atoms with van der Waals surface area (Å²) in [6.07, 6.45) is 0. The molecule has 4 rings (SSSR count). The van der Waals surface area contributed by atoms with Crippen LogP contribution in [0, 0.1) is 10.1 Å². The summed E-state index contributed by atoms with van der Waals surface area (Å²) in [4.78, 5) is 14.9. The van der Waals surface area contributed by atoms with Gasteiger partial charge in [-0.3, -0.25) is 10.1 Å². The minimum absolute atomic E-state index is 0. The van der Waals surface area contributed by atoms with Crippen molar-refractivity contribution in [2.24, 2.45) is 0 Å². The molecule has 0 saturated carbocycles. The number of rotatable bonds is 7. The van der Waals surface area contributed by atoms with E-state index in [0.29, 0.717) is 6.61 Å². The van der Waals surface area contributed by atoms with Gasteiger partial charge in [0.2, 0.25) is 0 Å². The summed E-state index contributed by atoms with van der Waals surface area (Å²) in [6, 6.07) is 24.0. The first kappa shape index (κ1) is 21.5. The highest BCUT2D eigenvalue weighted by atomic mass is 79.9. The first-order valence-corrected chi connectivity index (χ1v) is 9.79. The smallest absolute Gasteiger partial charge is 0.269 e. The van der Waals surface area contributed by atoms with E-state index in [4.69, 9.17) is 4.74 Å². The second-order valence-corrected chi connectivity index (χ2v) is 7.12. The van der Waals surface area contributed by atoms with Crippen molar-refractivity contribution in [3.05, 3.63) is 99.9 Å². The Morgan fingerprint density at radius 3 is 2.33 bits per heavy atom. The van der Waals surface area contributed by atoms with Crippen LogP contribution in [0.25, 0.3) is 11.3 Å². The van der Waals surface area contributed by atoms with Crippen LogP contribution >= 0.6 is 28.3 Å². The molecule has 0 spiro atoms. The summed E-state index contributed by atoms with van der Waals surface area (Å²) in [5, 5.41) is 16.8. The molecule has 0 fully saturated rings. The van der Waals surface area contributed by atoms with Gasteiger partial charge in [-0.05, 0) is 54.1 Å². The van der Waals surface area contributed by atoms with Crippen molar-refractivity contribution in [3.63, 3.8) is 0 Å². The molecule has 0 aliphatic carbocycles. The fourth-order valence-corrected chi connectivity index (χ4v) is 3.45. The lowest BCUT2D eigenvalue weighted by Gasteiger charge is -2.07. The molecule has 0 aliphatic rings. The van der Waals surface area contributed by atoms with E-state index in [1.165, 1.54) is 12.1 Å². The van der Waals surface area contributed by atoms with Crippen molar-refractivity contribution in [1.82, 2.24) is 4.98 Å². The number of anilines is 2. The zero-order valence-electron chi connectivity index (χ0n) is 15.7. The van der Waals surface area contributed by atoms with E-state index in [9.17, 15) is 10.1 Å². The number of hydrogen-bond donors (Lipinski definition) is 1. The average molecular weight is 484 g/mol. The maximum absolute atomic E-state index is 10.7. The van der Waals surface area contributed by atoms with E-state index in [1.54, 1.807) is 23.5 Å².